The van der Waals surface area contributed by atoms with E-state index >= 15 is 0 Å². The van der Waals surface area contributed by atoms with Crippen molar-refractivity contribution in [1.82, 2.24) is 9.78 Å². The first-order chi connectivity index (χ1) is 12.1. The zero-order valence-electron chi connectivity index (χ0n) is 15.1. The van der Waals surface area contributed by atoms with Crippen molar-refractivity contribution >= 4 is 25.5 Å². The Morgan fingerprint density at radius 1 is 1.27 bits per heavy atom. The molecule has 7 nitrogen and oxygen atoms in total. The molecule has 0 amide bonds. The third-order valence-corrected chi connectivity index (χ3v) is 8.09. The molecule has 9 heteroatoms. The molecule has 1 aromatic carbocycles. The van der Waals surface area contributed by atoms with Gasteiger partial charge in [0.2, 0.25) is 0 Å². The Morgan fingerprint density at radius 3 is 2.58 bits per heavy atom. The highest BCUT2D eigenvalue weighted by Crippen LogP contribution is 2.30. The Morgan fingerprint density at radius 2 is 1.96 bits per heavy atom. The van der Waals surface area contributed by atoms with Gasteiger partial charge in [-0.25, -0.2) is 16.8 Å². The van der Waals surface area contributed by atoms with Gasteiger partial charge in [0.1, 0.15) is 4.90 Å². The van der Waals surface area contributed by atoms with Crippen LogP contribution in [0.3, 0.4) is 0 Å². The number of aromatic nitrogens is 2. The van der Waals surface area contributed by atoms with Gasteiger partial charge in [-0.15, -0.1) is 0 Å². The summed E-state index contributed by atoms with van der Waals surface area (Å²) in [5.41, 5.74) is 2.28. The second-order valence-corrected chi connectivity index (χ2v) is 10.5. The van der Waals surface area contributed by atoms with E-state index in [9.17, 15) is 16.8 Å². The number of nitrogens with one attached hydrogen (secondary N) is 1. The molecule has 0 saturated carbocycles. The molecular weight excluding hydrogens is 374 g/mol. The second kappa shape index (κ2) is 6.70. The van der Waals surface area contributed by atoms with Crippen LogP contribution in [0.25, 0.3) is 0 Å². The van der Waals surface area contributed by atoms with Crippen LogP contribution < -0.4 is 4.72 Å². The van der Waals surface area contributed by atoms with E-state index < -0.39 is 19.9 Å². The first-order valence-electron chi connectivity index (χ1n) is 8.51. The van der Waals surface area contributed by atoms with Crippen LogP contribution in [0, 0.1) is 13.8 Å². The summed E-state index contributed by atoms with van der Waals surface area (Å²) in [7, 11) is -6.91. The number of benzene rings is 1. The normalized spacial score (nSPS) is 19.6. The Balaban J connectivity index is 1.98. The molecule has 2 aromatic rings. The molecular formula is C17H23N3O4S2. The van der Waals surface area contributed by atoms with Gasteiger partial charge in [0.05, 0.1) is 34.6 Å². The topological polar surface area (TPSA) is 98.1 Å². The summed E-state index contributed by atoms with van der Waals surface area (Å²) in [6.45, 7) is 5.26. The maximum Gasteiger partial charge on any atom is 0.265 e. The number of sulfone groups is 1. The van der Waals surface area contributed by atoms with Gasteiger partial charge in [0.15, 0.2) is 9.84 Å². The van der Waals surface area contributed by atoms with Gasteiger partial charge in [-0.2, -0.15) is 5.10 Å². The maximum absolute atomic E-state index is 13.0. The van der Waals surface area contributed by atoms with Crippen LogP contribution in [0.5, 0.6) is 0 Å². The van der Waals surface area contributed by atoms with E-state index in [1.807, 2.05) is 19.1 Å². The molecule has 1 atom stereocenters. The zero-order valence-corrected chi connectivity index (χ0v) is 16.7. The quantitative estimate of drug-likeness (QED) is 0.834. The first-order valence-corrected chi connectivity index (χ1v) is 11.8. The van der Waals surface area contributed by atoms with Gasteiger partial charge in [0, 0.05) is 0 Å². The number of sulfonamides is 1. The molecule has 1 N–H and O–H groups in total. The number of nitrogens with zero attached hydrogens (tertiary/aromatic N) is 2. The highest BCUT2D eigenvalue weighted by atomic mass is 32.2. The van der Waals surface area contributed by atoms with Crippen molar-refractivity contribution in [2.45, 2.75) is 44.6 Å². The minimum atomic E-state index is -3.83. The largest absolute Gasteiger partial charge is 0.279 e. The molecule has 2 heterocycles. The fourth-order valence-electron chi connectivity index (χ4n) is 3.48. The molecule has 0 bridgehead atoms. The van der Waals surface area contributed by atoms with Gasteiger partial charge in [0.25, 0.3) is 10.0 Å². The van der Waals surface area contributed by atoms with Gasteiger partial charge in [-0.05, 0) is 38.3 Å². The van der Waals surface area contributed by atoms with Crippen molar-refractivity contribution in [3.63, 3.8) is 0 Å². The van der Waals surface area contributed by atoms with Crippen LogP contribution >= 0.6 is 0 Å². The van der Waals surface area contributed by atoms with Crippen molar-refractivity contribution in [3.8, 4) is 0 Å². The molecule has 0 aliphatic carbocycles. The van der Waals surface area contributed by atoms with Gasteiger partial charge >= 0.3 is 0 Å². The standard InChI is InChI=1S/C17H23N3O4S2/c1-4-14-7-5-6-8-16(14)19-26(23,24)17-12(2)18-20(13(17)3)15-9-10-25(21,22)11-15/h5-8,15,19H,4,9-11H2,1-3H3/t15-/m0/s1. The van der Waals surface area contributed by atoms with Crippen LogP contribution in [0.4, 0.5) is 5.69 Å². The van der Waals surface area contributed by atoms with E-state index in [1.165, 1.54) is 0 Å². The molecule has 1 fully saturated rings. The van der Waals surface area contributed by atoms with Crippen LogP contribution in [0.2, 0.25) is 0 Å². The summed E-state index contributed by atoms with van der Waals surface area (Å²) in [5, 5.41) is 4.34. The zero-order chi connectivity index (χ0) is 19.1. The van der Waals surface area contributed by atoms with Crippen LogP contribution in [-0.4, -0.2) is 38.1 Å². The lowest BCUT2D eigenvalue weighted by atomic mass is 10.1. The van der Waals surface area contributed by atoms with Crippen molar-refractivity contribution in [2.75, 3.05) is 16.2 Å². The summed E-state index contributed by atoms with van der Waals surface area (Å²) < 4.78 is 53.7. The van der Waals surface area contributed by atoms with E-state index in [0.717, 1.165) is 5.56 Å². The molecule has 26 heavy (non-hydrogen) atoms. The van der Waals surface area contributed by atoms with Gasteiger partial charge in [-0.3, -0.25) is 9.40 Å². The summed E-state index contributed by atoms with van der Waals surface area (Å²) in [6, 6.07) is 6.94. The summed E-state index contributed by atoms with van der Waals surface area (Å²) in [5.74, 6) is 0.112. The molecule has 0 unspecified atom stereocenters. The lowest BCUT2D eigenvalue weighted by Gasteiger charge is -2.13. The van der Waals surface area contributed by atoms with E-state index in [1.54, 1.807) is 30.7 Å². The second-order valence-electron chi connectivity index (χ2n) is 6.62. The number of aryl methyl sites for hydroxylation is 2. The van der Waals surface area contributed by atoms with E-state index in [2.05, 4.69) is 9.82 Å². The SMILES string of the molecule is CCc1ccccc1NS(=O)(=O)c1c(C)nn([C@H]2CCS(=O)(=O)C2)c1C. The van der Waals surface area contributed by atoms with E-state index in [0.29, 0.717) is 29.9 Å². The Hall–Kier alpha value is -1.87. The molecule has 1 aliphatic rings. The van der Waals surface area contributed by atoms with Crippen LogP contribution in [-0.2, 0) is 26.3 Å². The lowest BCUT2D eigenvalue weighted by molar-refractivity contribution is 0.484. The Labute approximate surface area is 154 Å². The van der Waals surface area contributed by atoms with Crippen LogP contribution in [0.15, 0.2) is 29.2 Å². The number of rotatable bonds is 5. The average Bonchev–Trinajstić information content (AvgIpc) is 3.06. The summed E-state index contributed by atoms with van der Waals surface area (Å²) >= 11 is 0. The molecule has 0 spiro atoms. The molecule has 142 valence electrons. The first kappa shape index (κ1) is 18.9. The van der Waals surface area contributed by atoms with Gasteiger partial charge in [-0.1, -0.05) is 25.1 Å². The lowest BCUT2D eigenvalue weighted by Crippen LogP contribution is -2.17. The van der Waals surface area contributed by atoms with Crippen molar-refractivity contribution in [2.24, 2.45) is 0 Å². The fraction of sp³-hybridized carbons (Fsp3) is 0.471. The van der Waals surface area contributed by atoms with Crippen molar-refractivity contribution < 1.29 is 16.8 Å². The summed E-state index contributed by atoms with van der Waals surface area (Å²) in [6.07, 6.45) is 1.16. The highest BCUT2D eigenvalue weighted by Gasteiger charge is 2.33. The predicted molar refractivity (Wildman–Crippen MR) is 101 cm³/mol. The Kier molecular flexibility index (Phi) is 4.87. The number of para-hydroxylation sites is 1. The number of anilines is 1. The number of hydrogen-bond acceptors (Lipinski definition) is 5. The van der Waals surface area contributed by atoms with Crippen LogP contribution in [0.1, 0.15) is 36.3 Å². The van der Waals surface area contributed by atoms with E-state index in [4.69, 9.17) is 0 Å². The predicted octanol–water partition coefficient (Wildman–Crippen LogP) is 2.22. The van der Waals surface area contributed by atoms with Gasteiger partial charge < -0.3 is 0 Å². The number of hydrogen-bond donors (Lipinski definition) is 1. The van der Waals surface area contributed by atoms with Crippen molar-refractivity contribution in [3.05, 3.63) is 41.2 Å². The molecule has 1 aromatic heterocycles. The summed E-state index contributed by atoms with van der Waals surface area (Å²) in [4.78, 5) is 0.118. The molecule has 0 radical (unpaired) electrons. The third-order valence-electron chi connectivity index (χ3n) is 4.72. The Bertz CT molecular complexity index is 1040. The third kappa shape index (κ3) is 3.50. The average molecular weight is 398 g/mol. The van der Waals surface area contributed by atoms with Crippen molar-refractivity contribution in [1.29, 1.82) is 0 Å². The van der Waals surface area contributed by atoms with E-state index in [-0.39, 0.29) is 22.4 Å². The smallest absolute Gasteiger partial charge is 0.265 e. The fourth-order valence-corrected chi connectivity index (χ4v) is 6.68. The molecule has 3 rings (SSSR count). The highest BCUT2D eigenvalue weighted by molar-refractivity contribution is 7.93. The minimum absolute atomic E-state index is 0.000540. The minimum Gasteiger partial charge on any atom is -0.279 e. The molecule has 1 aliphatic heterocycles. The monoisotopic (exact) mass is 397 g/mol. The molecule has 1 saturated heterocycles. The maximum atomic E-state index is 13.0.